The van der Waals surface area contributed by atoms with Crippen molar-refractivity contribution in [2.45, 2.75) is 38.5 Å². The van der Waals surface area contributed by atoms with E-state index in [2.05, 4.69) is 0 Å². The average Bonchev–Trinajstić information content (AvgIpc) is 2.74. The highest BCUT2D eigenvalue weighted by Crippen LogP contribution is 2.32. The van der Waals surface area contributed by atoms with Gasteiger partial charge in [0.05, 0.1) is 4.75 Å². The zero-order valence-corrected chi connectivity index (χ0v) is 12.9. The third kappa shape index (κ3) is 3.10. The van der Waals surface area contributed by atoms with Crippen molar-refractivity contribution in [1.29, 1.82) is 0 Å². The molecular weight excluding hydrogens is 274 g/mol. The molecule has 1 aromatic rings. The second-order valence-corrected chi connectivity index (χ2v) is 7.56. The molecule has 0 aliphatic carbocycles. The van der Waals surface area contributed by atoms with Crippen LogP contribution in [0.25, 0.3) is 0 Å². The number of hydrogen-bond acceptors (Lipinski definition) is 2. The molecule has 1 N–H and O–H groups in total. The van der Waals surface area contributed by atoms with Gasteiger partial charge in [-0.15, -0.1) is 0 Å². The summed E-state index contributed by atoms with van der Waals surface area (Å²) < 4.78 is 20.0. The number of nitrogens with zero attached hydrogens (tertiary/aromatic N) is 1. The Kier molecular flexibility index (Phi) is 4.30. The van der Waals surface area contributed by atoms with Crippen LogP contribution in [0.2, 0.25) is 0 Å². The van der Waals surface area contributed by atoms with E-state index >= 15 is 0 Å². The molecule has 5 heteroatoms. The Balaban J connectivity index is 2.06. The molecular formula is C15H21NO3S. The molecule has 1 fully saturated rings. The molecule has 2 rings (SSSR count). The standard InChI is InChI=1S/C15H21NO3S/c1-11-4-6-12(7-5-11)9-16-10-13(8-14(16)17)15(2,3)20(18)19/h4-7,13H,8-10H2,1-3H3,(H,18,19)/t13-/m1/s1. The SMILES string of the molecule is Cc1ccc(CN2C[C@H](C(C)(C)S(=O)O)CC2=O)cc1. The highest BCUT2D eigenvalue weighted by molar-refractivity contribution is 7.80. The molecule has 2 atom stereocenters. The summed E-state index contributed by atoms with van der Waals surface area (Å²) in [5.41, 5.74) is 2.28. The van der Waals surface area contributed by atoms with E-state index < -0.39 is 15.8 Å². The molecule has 1 amide bonds. The van der Waals surface area contributed by atoms with Gasteiger partial charge in [0.15, 0.2) is 11.1 Å². The van der Waals surface area contributed by atoms with Gasteiger partial charge < -0.3 is 9.45 Å². The van der Waals surface area contributed by atoms with Crippen molar-refractivity contribution in [3.63, 3.8) is 0 Å². The van der Waals surface area contributed by atoms with Gasteiger partial charge in [0.1, 0.15) is 0 Å². The minimum atomic E-state index is -1.92. The fourth-order valence-electron chi connectivity index (χ4n) is 2.45. The Hall–Kier alpha value is -1.20. The maximum absolute atomic E-state index is 12.1. The van der Waals surface area contributed by atoms with E-state index in [0.29, 0.717) is 19.5 Å². The first-order valence-electron chi connectivity index (χ1n) is 6.75. The predicted molar refractivity (Wildman–Crippen MR) is 79.6 cm³/mol. The Labute approximate surface area is 122 Å². The van der Waals surface area contributed by atoms with Crippen molar-refractivity contribution in [1.82, 2.24) is 4.90 Å². The van der Waals surface area contributed by atoms with Gasteiger partial charge in [-0.05, 0) is 26.3 Å². The summed E-state index contributed by atoms with van der Waals surface area (Å²) in [5.74, 6) is -0.0135. The van der Waals surface area contributed by atoms with Crippen molar-refractivity contribution < 1.29 is 13.6 Å². The van der Waals surface area contributed by atoms with Gasteiger partial charge in [0, 0.05) is 25.4 Å². The van der Waals surface area contributed by atoms with Crippen LogP contribution in [0.1, 0.15) is 31.4 Å². The third-order valence-electron chi connectivity index (χ3n) is 4.14. The summed E-state index contributed by atoms with van der Waals surface area (Å²) in [4.78, 5) is 13.9. The fourth-order valence-corrected chi connectivity index (χ4v) is 2.89. The molecule has 0 bridgehead atoms. The summed E-state index contributed by atoms with van der Waals surface area (Å²) in [6, 6.07) is 8.09. The molecule has 1 aliphatic heterocycles. The van der Waals surface area contributed by atoms with Crippen LogP contribution < -0.4 is 0 Å². The molecule has 0 spiro atoms. The molecule has 0 saturated carbocycles. The normalized spacial score (nSPS) is 21.3. The van der Waals surface area contributed by atoms with Gasteiger partial charge in [-0.3, -0.25) is 4.79 Å². The van der Waals surface area contributed by atoms with Crippen LogP contribution in [0.15, 0.2) is 24.3 Å². The quantitative estimate of drug-likeness (QED) is 0.867. The lowest BCUT2D eigenvalue weighted by atomic mass is 9.94. The third-order valence-corrected chi connectivity index (χ3v) is 5.38. The number of rotatable bonds is 4. The van der Waals surface area contributed by atoms with Crippen LogP contribution in [0.4, 0.5) is 0 Å². The Morgan fingerprint density at radius 2 is 1.95 bits per heavy atom. The van der Waals surface area contributed by atoms with Crippen LogP contribution >= 0.6 is 0 Å². The lowest BCUT2D eigenvalue weighted by Gasteiger charge is -2.27. The summed E-state index contributed by atoms with van der Waals surface area (Å²) >= 11 is -1.92. The largest absolute Gasteiger partial charge is 0.338 e. The minimum absolute atomic E-state index is 0.0640. The summed E-state index contributed by atoms with van der Waals surface area (Å²) in [6.07, 6.45) is 0.352. The van der Waals surface area contributed by atoms with Crippen molar-refractivity contribution >= 4 is 17.0 Å². The fraction of sp³-hybridized carbons (Fsp3) is 0.533. The number of benzene rings is 1. The van der Waals surface area contributed by atoms with Crippen molar-refractivity contribution in [2.24, 2.45) is 5.92 Å². The Morgan fingerprint density at radius 3 is 2.50 bits per heavy atom. The minimum Gasteiger partial charge on any atom is -0.338 e. The van der Waals surface area contributed by atoms with Crippen molar-refractivity contribution in [2.75, 3.05) is 6.54 Å². The van der Waals surface area contributed by atoms with Crippen LogP contribution in [0.5, 0.6) is 0 Å². The van der Waals surface area contributed by atoms with Gasteiger partial charge in [0.2, 0.25) is 5.91 Å². The summed E-state index contributed by atoms with van der Waals surface area (Å²) in [5, 5.41) is 0. The number of carbonyl (C=O) groups is 1. The zero-order valence-electron chi connectivity index (χ0n) is 12.1. The molecule has 0 radical (unpaired) electrons. The summed E-state index contributed by atoms with van der Waals surface area (Å²) in [6.45, 7) is 6.64. The predicted octanol–water partition coefficient (Wildman–Crippen LogP) is 2.34. The second kappa shape index (κ2) is 5.66. The van der Waals surface area contributed by atoms with Gasteiger partial charge >= 0.3 is 0 Å². The van der Waals surface area contributed by atoms with E-state index in [4.69, 9.17) is 0 Å². The first-order chi connectivity index (χ1) is 9.30. The molecule has 20 heavy (non-hydrogen) atoms. The molecule has 1 heterocycles. The molecule has 1 saturated heterocycles. The van der Waals surface area contributed by atoms with E-state index in [-0.39, 0.29) is 11.8 Å². The number of carbonyl (C=O) groups excluding carboxylic acids is 1. The maximum Gasteiger partial charge on any atom is 0.223 e. The van der Waals surface area contributed by atoms with E-state index in [0.717, 1.165) is 5.56 Å². The molecule has 1 aromatic carbocycles. The second-order valence-electron chi connectivity index (χ2n) is 6.01. The first-order valence-corrected chi connectivity index (χ1v) is 7.85. The van der Waals surface area contributed by atoms with Gasteiger partial charge in [-0.1, -0.05) is 29.8 Å². The van der Waals surface area contributed by atoms with Crippen molar-refractivity contribution in [3.8, 4) is 0 Å². The molecule has 110 valence electrons. The molecule has 4 nitrogen and oxygen atoms in total. The number of aryl methyl sites for hydroxylation is 1. The lowest BCUT2D eigenvalue weighted by molar-refractivity contribution is -0.128. The summed E-state index contributed by atoms with van der Waals surface area (Å²) in [7, 11) is 0. The highest BCUT2D eigenvalue weighted by atomic mass is 32.2. The zero-order chi connectivity index (χ0) is 14.9. The van der Waals surface area contributed by atoms with E-state index in [1.807, 2.05) is 31.2 Å². The Bertz CT molecular complexity index is 524. The van der Waals surface area contributed by atoms with E-state index in [1.165, 1.54) is 5.56 Å². The van der Waals surface area contributed by atoms with Gasteiger partial charge in [-0.25, -0.2) is 4.21 Å². The number of likely N-dealkylation sites (tertiary alicyclic amines) is 1. The van der Waals surface area contributed by atoms with Crippen LogP contribution in [-0.2, 0) is 22.4 Å². The molecule has 0 aromatic heterocycles. The smallest absolute Gasteiger partial charge is 0.223 e. The van der Waals surface area contributed by atoms with Crippen LogP contribution in [0.3, 0.4) is 0 Å². The molecule has 1 aliphatic rings. The van der Waals surface area contributed by atoms with E-state index in [1.54, 1.807) is 18.7 Å². The van der Waals surface area contributed by atoms with Gasteiger partial charge in [-0.2, -0.15) is 0 Å². The maximum atomic E-state index is 12.1. The average molecular weight is 295 g/mol. The first kappa shape index (κ1) is 15.2. The van der Waals surface area contributed by atoms with Crippen LogP contribution in [-0.4, -0.2) is 30.9 Å². The van der Waals surface area contributed by atoms with Crippen LogP contribution in [0, 0.1) is 12.8 Å². The van der Waals surface area contributed by atoms with E-state index in [9.17, 15) is 13.6 Å². The molecule has 1 unspecified atom stereocenters. The lowest BCUT2D eigenvalue weighted by Crippen LogP contribution is -2.37. The highest BCUT2D eigenvalue weighted by Gasteiger charge is 2.42. The topological polar surface area (TPSA) is 57.6 Å². The monoisotopic (exact) mass is 295 g/mol. The number of hydrogen-bond donors (Lipinski definition) is 1. The van der Waals surface area contributed by atoms with Crippen molar-refractivity contribution in [3.05, 3.63) is 35.4 Å². The number of amides is 1. The Morgan fingerprint density at radius 1 is 1.35 bits per heavy atom. The van der Waals surface area contributed by atoms with Gasteiger partial charge in [0.25, 0.3) is 0 Å².